The smallest absolute Gasteiger partial charge is 0.137 e. The van der Waals surface area contributed by atoms with E-state index < -0.39 is 0 Å². The molecule has 0 N–H and O–H groups in total. The van der Waals surface area contributed by atoms with Crippen LogP contribution in [0.3, 0.4) is 0 Å². The summed E-state index contributed by atoms with van der Waals surface area (Å²) in [7, 11) is 0. The molecule has 3 atom stereocenters. The molecule has 0 radical (unpaired) electrons. The van der Waals surface area contributed by atoms with Gasteiger partial charge in [-0.25, -0.2) is 0 Å². The number of hydrogen-bond acceptors (Lipinski definition) is 3. The quantitative estimate of drug-likeness (QED) is 0.612. The van der Waals surface area contributed by atoms with Crippen molar-refractivity contribution in [2.75, 3.05) is 6.54 Å². The zero-order chi connectivity index (χ0) is 10.5. The summed E-state index contributed by atoms with van der Waals surface area (Å²) in [5.41, 5.74) is 2.75. The highest BCUT2D eigenvalue weighted by Crippen LogP contribution is 2.43. The third-order valence-electron chi connectivity index (χ3n) is 4.75. The molecule has 4 rings (SSSR count). The van der Waals surface area contributed by atoms with Crippen molar-refractivity contribution >= 4 is 11.4 Å². The van der Waals surface area contributed by atoms with Gasteiger partial charge in [0.05, 0.1) is 11.4 Å². The molecule has 3 fully saturated rings. The van der Waals surface area contributed by atoms with Crippen molar-refractivity contribution in [1.29, 1.82) is 0 Å². The summed E-state index contributed by atoms with van der Waals surface area (Å²) < 4.78 is 0. The van der Waals surface area contributed by atoms with E-state index in [0.29, 0.717) is 6.17 Å². The van der Waals surface area contributed by atoms with Crippen molar-refractivity contribution in [3.05, 3.63) is 0 Å². The van der Waals surface area contributed by atoms with Crippen LogP contribution in [0.4, 0.5) is 0 Å². The summed E-state index contributed by atoms with van der Waals surface area (Å²) in [5, 5.41) is 7.19. The Labute approximate surface area is 96.6 Å². The van der Waals surface area contributed by atoms with Gasteiger partial charge >= 0.3 is 0 Å². The molecule has 4 aliphatic rings. The van der Waals surface area contributed by atoms with Gasteiger partial charge < -0.3 is 0 Å². The van der Waals surface area contributed by atoms with Crippen molar-refractivity contribution in [3.8, 4) is 0 Å². The maximum Gasteiger partial charge on any atom is 0.137 e. The molecule has 2 heterocycles. The van der Waals surface area contributed by atoms with Crippen molar-refractivity contribution in [1.82, 2.24) is 5.01 Å². The zero-order valence-corrected chi connectivity index (χ0v) is 9.73. The Hall–Kier alpha value is -0.860. The molecule has 1 saturated heterocycles. The molecule has 86 valence electrons. The monoisotopic (exact) mass is 217 g/mol. The Balaban J connectivity index is 1.69. The lowest BCUT2D eigenvalue weighted by atomic mass is 10.00. The van der Waals surface area contributed by atoms with Crippen LogP contribution in [-0.4, -0.2) is 29.1 Å². The number of rotatable bonds is 0. The Bertz CT molecular complexity index is 371. The van der Waals surface area contributed by atoms with Crippen LogP contribution in [0.25, 0.3) is 0 Å². The van der Waals surface area contributed by atoms with Gasteiger partial charge in [-0.3, -0.25) is 10.0 Å². The minimum Gasteiger partial charge on any atom is -0.272 e. The van der Waals surface area contributed by atoms with Gasteiger partial charge in [0, 0.05) is 12.5 Å². The van der Waals surface area contributed by atoms with Crippen LogP contribution in [0.15, 0.2) is 10.1 Å². The molecule has 0 aromatic heterocycles. The van der Waals surface area contributed by atoms with E-state index in [4.69, 9.17) is 10.1 Å². The van der Waals surface area contributed by atoms with Crippen molar-refractivity contribution in [2.24, 2.45) is 21.9 Å². The Morgan fingerprint density at radius 3 is 3.06 bits per heavy atom. The molecule has 2 saturated carbocycles. The topological polar surface area (TPSA) is 28.0 Å². The normalized spacial score (nSPS) is 41.0. The van der Waals surface area contributed by atoms with E-state index in [9.17, 15) is 0 Å². The highest BCUT2D eigenvalue weighted by Gasteiger charge is 2.43. The first kappa shape index (κ1) is 9.20. The lowest BCUT2D eigenvalue weighted by Crippen LogP contribution is -2.40. The number of hydrazone groups is 1. The average molecular weight is 217 g/mol. The molecule has 16 heavy (non-hydrogen) atoms. The lowest BCUT2D eigenvalue weighted by molar-refractivity contribution is 0.157. The predicted molar refractivity (Wildman–Crippen MR) is 64.7 cm³/mol. The minimum atomic E-state index is 0.395. The second-order valence-corrected chi connectivity index (χ2v) is 5.70. The summed E-state index contributed by atoms with van der Waals surface area (Å²) in [4.78, 5) is 4.96. The number of piperidine rings is 1. The highest BCUT2D eigenvalue weighted by atomic mass is 15.5. The molecule has 0 spiro atoms. The molecule has 2 aliphatic heterocycles. The fourth-order valence-electron chi connectivity index (χ4n) is 3.92. The van der Waals surface area contributed by atoms with Crippen LogP contribution in [0.2, 0.25) is 0 Å². The first-order valence-electron chi connectivity index (χ1n) is 6.84. The predicted octanol–water partition coefficient (Wildman–Crippen LogP) is 2.43. The van der Waals surface area contributed by atoms with Crippen molar-refractivity contribution in [2.45, 2.75) is 51.1 Å². The lowest BCUT2D eigenvalue weighted by Gasteiger charge is -2.34. The molecule has 2 aliphatic carbocycles. The second kappa shape index (κ2) is 3.31. The van der Waals surface area contributed by atoms with E-state index in [1.807, 2.05) is 0 Å². The molecular formula is C13H19N3. The number of fused-ring (bicyclic) bond motifs is 4. The van der Waals surface area contributed by atoms with E-state index in [1.54, 1.807) is 0 Å². The van der Waals surface area contributed by atoms with Gasteiger partial charge in [-0.1, -0.05) is 6.42 Å². The summed E-state index contributed by atoms with van der Waals surface area (Å²) in [6.07, 6.45) is 9.65. The van der Waals surface area contributed by atoms with E-state index in [2.05, 4.69) is 5.01 Å². The van der Waals surface area contributed by atoms with Gasteiger partial charge in [-0.15, -0.1) is 0 Å². The first-order chi connectivity index (χ1) is 7.92. The average Bonchev–Trinajstić information content (AvgIpc) is 2.86. The third kappa shape index (κ3) is 1.20. The van der Waals surface area contributed by atoms with Crippen LogP contribution in [0.1, 0.15) is 44.9 Å². The van der Waals surface area contributed by atoms with Gasteiger partial charge in [-0.05, 0) is 44.4 Å². The van der Waals surface area contributed by atoms with Crippen LogP contribution in [0, 0.1) is 11.8 Å². The van der Waals surface area contributed by atoms with Crippen molar-refractivity contribution < 1.29 is 0 Å². The van der Waals surface area contributed by atoms with Crippen molar-refractivity contribution in [3.63, 3.8) is 0 Å². The van der Waals surface area contributed by atoms with Gasteiger partial charge in [0.25, 0.3) is 0 Å². The first-order valence-corrected chi connectivity index (χ1v) is 6.84. The van der Waals surface area contributed by atoms with E-state index in [-0.39, 0.29) is 0 Å². The summed E-state index contributed by atoms with van der Waals surface area (Å²) in [6.45, 7) is 1.13. The summed E-state index contributed by atoms with van der Waals surface area (Å²) >= 11 is 0. The summed E-state index contributed by atoms with van der Waals surface area (Å²) in [5.74, 6) is 1.65. The Morgan fingerprint density at radius 2 is 2.06 bits per heavy atom. The molecule has 0 aromatic rings. The molecule has 3 heteroatoms. The van der Waals surface area contributed by atoms with Gasteiger partial charge in [0.2, 0.25) is 0 Å². The Morgan fingerprint density at radius 1 is 1.06 bits per heavy atom. The zero-order valence-electron chi connectivity index (χ0n) is 9.73. The molecule has 0 bridgehead atoms. The standard InChI is InChI=1S/C13H19N3/c1-2-7-16-12(6-1)14-11-8-9-4-3-5-10(9)13(11)15-16/h9-10,12H,1-8H2. The van der Waals surface area contributed by atoms with Gasteiger partial charge in [-0.2, -0.15) is 5.10 Å². The highest BCUT2D eigenvalue weighted by molar-refractivity contribution is 6.45. The third-order valence-corrected chi connectivity index (χ3v) is 4.75. The van der Waals surface area contributed by atoms with Crippen LogP contribution in [0.5, 0.6) is 0 Å². The SMILES string of the molecule is C1CC2CC3=NC4CCCCN4N=C3C2C1. The number of hydrogen-bond donors (Lipinski definition) is 0. The fraction of sp³-hybridized carbons (Fsp3) is 0.846. The van der Waals surface area contributed by atoms with E-state index in [0.717, 1.165) is 18.4 Å². The maximum atomic E-state index is 4.96. The molecule has 3 nitrogen and oxygen atoms in total. The summed E-state index contributed by atoms with van der Waals surface area (Å²) in [6, 6.07) is 0. The van der Waals surface area contributed by atoms with Gasteiger partial charge in [0.15, 0.2) is 0 Å². The Kier molecular flexibility index (Phi) is 1.91. The van der Waals surface area contributed by atoms with Crippen LogP contribution >= 0.6 is 0 Å². The second-order valence-electron chi connectivity index (χ2n) is 5.70. The fourth-order valence-corrected chi connectivity index (χ4v) is 3.92. The van der Waals surface area contributed by atoms with E-state index >= 15 is 0 Å². The number of aliphatic imine (C=N–C) groups is 1. The van der Waals surface area contributed by atoms with Gasteiger partial charge in [0.1, 0.15) is 6.17 Å². The molecular weight excluding hydrogens is 198 g/mol. The maximum absolute atomic E-state index is 4.96. The van der Waals surface area contributed by atoms with Crippen LogP contribution < -0.4 is 0 Å². The molecule has 0 amide bonds. The minimum absolute atomic E-state index is 0.395. The largest absolute Gasteiger partial charge is 0.272 e. The van der Waals surface area contributed by atoms with Crippen LogP contribution in [-0.2, 0) is 0 Å². The number of nitrogens with zero attached hydrogens (tertiary/aromatic N) is 3. The molecule has 3 unspecified atom stereocenters. The van der Waals surface area contributed by atoms with E-state index in [1.165, 1.54) is 56.4 Å². The molecule has 0 aromatic carbocycles.